The van der Waals surface area contributed by atoms with E-state index in [1.807, 2.05) is 6.08 Å². The van der Waals surface area contributed by atoms with E-state index in [1.54, 1.807) is 6.08 Å². The summed E-state index contributed by atoms with van der Waals surface area (Å²) in [6.45, 7) is 3.69. The van der Waals surface area contributed by atoms with Gasteiger partial charge in [-0.2, -0.15) is 0 Å². The van der Waals surface area contributed by atoms with E-state index in [-0.39, 0.29) is 12.5 Å². The van der Waals surface area contributed by atoms with E-state index in [2.05, 4.69) is 55.6 Å². The monoisotopic (exact) mass is 1060 g/mol. The number of rotatable bonds is 56. The molecule has 0 spiro atoms. The average Bonchev–Trinajstić information content (AvgIpc) is 3.41. The van der Waals surface area contributed by atoms with Gasteiger partial charge in [0.05, 0.1) is 25.4 Å². The van der Waals surface area contributed by atoms with Crippen molar-refractivity contribution in [2.45, 2.75) is 352 Å². The Hall–Kier alpha value is -1.85. The lowest BCUT2D eigenvalue weighted by molar-refractivity contribution is -0.302. The van der Waals surface area contributed by atoms with Crippen LogP contribution in [0.4, 0.5) is 0 Å². The van der Waals surface area contributed by atoms with Gasteiger partial charge in [-0.1, -0.05) is 287 Å². The van der Waals surface area contributed by atoms with Gasteiger partial charge in [0.25, 0.3) is 0 Å². The molecule has 0 aliphatic carbocycles. The largest absolute Gasteiger partial charge is 0.394 e. The van der Waals surface area contributed by atoms with Crippen molar-refractivity contribution in [2.24, 2.45) is 0 Å². The Morgan fingerprint density at radius 3 is 1.17 bits per heavy atom. The highest BCUT2D eigenvalue weighted by molar-refractivity contribution is 5.76. The van der Waals surface area contributed by atoms with Gasteiger partial charge in [0, 0.05) is 6.42 Å². The fourth-order valence-electron chi connectivity index (χ4n) is 10.3. The molecule has 6 N–H and O–H groups in total. The predicted molar refractivity (Wildman–Crippen MR) is 318 cm³/mol. The Morgan fingerprint density at radius 1 is 0.440 bits per heavy atom. The van der Waals surface area contributed by atoms with Crippen LogP contribution in [0.1, 0.15) is 309 Å². The first-order valence-corrected chi connectivity index (χ1v) is 32.4. The Kier molecular flexibility index (Phi) is 52.6. The lowest BCUT2D eigenvalue weighted by Gasteiger charge is -2.40. The van der Waals surface area contributed by atoms with E-state index in [0.717, 1.165) is 57.8 Å². The molecular formula is C66H123NO8. The number of hydrogen-bond donors (Lipinski definition) is 6. The second kappa shape index (κ2) is 55.5. The molecule has 440 valence electrons. The summed E-state index contributed by atoms with van der Waals surface area (Å²) in [6, 6.07) is -0.826. The fraction of sp³-hybridized carbons (Fsp3) is 0.864. The second-order valence-corrected chi connectivity index (χ2v) is 22.5. The molecule has 0 radical (unpaired) electrons. The van der Waals surface area contributed by atoms with Crippen molar-refractivity contribution in [1.29, 1.82) is 0 Å². The molecule has 1 amide bonds. The Morgan fingerprint density at radius 2 is 0.787 bits per heavy atom. The highest BCUT2D eigenvalue weighted by Crippen LogP contribution is 2.23. The smallest absolute Gasteiger partial charge is 0.220 e. The maximum absolute atomic E-state index is 13.0. The van der Waals surface area contributed by atoms with Gasteiger partial charge in [0.1, 0.15) is 24.4 Å². The van der Waals surface area contributed by atoms with E-state index in [0.29, 0.717) is 6.42 Å². The SMILES string of the molecule is CCC/C=C/CC/C=C/CC/C=C/C(O)C(COC1OC(CO)C(O)C(O)C1O)NC(=O)CCCCCCCCCCCCCCCCCCCCCCCCCCCCCCC/C=C\CCCCCCCCCC. The number of nitrogens with one attached hydrogen (secondary N) is 1. The van der Waals surface area contributed by atoms with Crippen LogP contribution in [0, 0.1) is 0 Å². The van der Waals surface area contributed by atoms with E-state index in [1.165, 1.54) is 231 Å². The molecule has 0 bridgehead atoms. The lowest BCUT2D eigenvalue weighted by Crippen LogP contribution is -2.60. The first-order chi connectivity index (χ1) is 36.8. The summed E-state index contributed by atoms with van der Waals surface area (Å²) in [5.74, 6) is -0.188. The van der Waals surface area contributed by atoms with Crippen molar-refractivity contribution in [2.75, 3.05) is 13.2 Å². The van der Waals surface area contributed by atoms with Gasteiger partial charge in [-0.3, -0.25) is 4.79 Å². The summed E-state index contributed by atoms with van der Waals surface area (Å²) in [4.78, 5) is 13.0. The second-order valence-electron chi connectivity index (χ2n) is 22.5. The zero-order valence-corrected chi connectivity index (χ0v) is 49.1. The molecule has 1 heterocycles. The van der Waals surface area contributed by atoms with Crippen LogP contribution < -0.4 is 5.32 Å². The molecule has 0 aromatic carbocycles. The van der Waals surface area contributed by atoms with Gasteiger partial charge in [-0.15, -0.1) is 0 Å². The molecule has 75 heavy (non-hydrogen) atoms. The lowest BCUT2D eigenvalue weighted by atomic mass is 9.99. The average molecular weight is 1060 g/mol. The van der Waals surface area contributed by atoms with E-state index in [9.17, 15) is 30.3 Å². The zero-order valence-electron chi connectivity index (χ0n) is 49.1. The number of carbonyl (C=O) groups is 1. The minimum atomic E-state index is -1.57. The molecule has 0 aromatic rings. The summed E-state index contributed by atoms with van der Waals surface area (Å²) in [6.07, 6.45) is 68.3. The number of aliphatic hydroxyl groups is 5. The van der Waals surface area contributed by atoms with Gasteiger partial charge < -0.3 is 40.3 Å². The van der Waals surface area contributed by atoms with Crippen molar-refractivity contribution in [3.63, 3.8) is 0 Å². The predicted octanol–water partition coefficient (Wildman–Crippen LogP) is 16.9. The fourth-order valence-corrected chi connectivity index (χ4v) is 10.3. The number of unbranched alkanes of at least 4 members (excludes halogenated alkanes) is 40. The first-order valence-electron chi connectivity index (χ1n) is 32.4. The van der Waals surface area contributed by atoms with Crippen molar-refractivity contribution in [3.05, 3.63) is 48.6 Å². The minimum absolute atomic E-state index is 0.188. The zero-order chi connectivity index (χ0) is 54.3. The normalized spacial score (nSPS) is 19.2. The Balaban J connectivity index is 1.98. The third-order valence-electron chi connectivity index (χ3n) is 15.3. The maximum Gasteiger partial charge on any atom is 0.220 e. The molecule has 0 saturated carbocycles. The van der Waals surface area contributed by atoms with Gasteiger partial charge in [0.2, 0.25) is 5.91 Å². The molecule has 1 saturated heterocycles. The molecule has 7 unspecified atom stereocenters. The number of ether oxygens (including phenoxy) is 2. The van der Waals surface area contributed by atoms with Crippen LogP contribution in [0.2, 0.25) is 0 Å². The molecule has 1 aliphatic heterocycles. The van der Waals surface area contributed by atoms with Crippen LogP contribution >= 0.6 is 0 Å². The molecular weight excluding hydrogens is 935 g/mol. The van der Waals surface area contributed by atoms with Crippen molar-refractivity contribution >= 4 is 5.91 Å². The molecule has 9 heteroatoms. The van der Waals surface area contributed by atoms with Gasteiger partial charge >= 0.3 is 0 Å². The molecule has 1 aliphatic rings. The molecule has 1 rings (SSSR count). The van der Waals surface area contributed by atoms with Crippen LogP contribution in [-0.4, -0.2) is 87.5 Å². The standard InChI is InChI=1S/C66H123NO8/c1-3-5-7-9-11-13-15-16-17-18-19-20-21-22-23-24-25-26-27-28-29-30-31-32-33-34-35-36-37-38-39-40-41-42-43-44-46-48-50-52-54-56-62(70)67-59(58-74-66-65(73)64(72)63(71)61(57-68)75-66)60(69)55-53-51-49-47-45-14-12-10-8-6-4-2/h8,10,18-19,45,47,53,55,59-61,63-66,68-69,71-73H,3-7,9,11-17,20-44,46,48-52,54,56-58H2,1-2H3,(H,67,70)/b10-8+,19-18-,47-45+,55-53+. The minimum Gasteiger partial charge on any atom is -0.394 e. The number of amides is 1. The molecule has 1 fully saturated rings. The molecule has 7 atom stereocenters. The number of aliphatic hydroxyl groups excluding tert-OH is 5. The number of carbonyl (C=O) groups excluding carboxylic acids is 1. The van der Waals surface area contributed by atoms with E-state index >= 15 is 0 Å². The summed E-state index contributed by atoms with van der Waals surface area (Å²) < 4.78 is 11.2. The van der Waals surface area contributed by atoms with E-state index < -0.39 is 49.5 Å². The highest BCUT2D eigenvalue weighted by Gasteiger charge is 2.44. The van der Waals surface area contributed by atoms with Crippen LogP contribution in [0.3, 0.4) is 0 Å². The maximum atomic E-state index is 13.0. The van der Waals surface area contributed by atoms with Crippen molar-refractivity contribution < 1.29 is 39.8 Å². The summed E-state index contributed by atoms with van der Waals surface area (Å²) in [5.41, 5.74) is 0. The quantitative estimate of drug-likeness (QED) is 0.0261. The van der Waals surface area contributed by atoms with Crippen LogP contribution in [-0.2, 0) is 14.3 Å². The third kappa shape index (κ3) is 44.7. The summed E-state index contributed by atoms with van der Waals surface area (Å²) in [5, 5.41) is 54.3. The number of hydrogen-bond acceptors (Lipinski definition) is 8. The van der Waals surface area contributed by atoms with Gasteiger partial charge in [-0.25, -0.2) is 0 Å². The summed E-state index contributed by atoms with van der Waals surface area (Å²) >= 11 is 0. The van der Waals surface area contributed by atoms with Crippen LogP contribution in [0.25, 0.3) is 0 Å². The van der Waals surface area contributed by atoms with Crippen LogP contribution in [0.15, 0.2) is 48.6 Å². The topological polar surface area (TPSA) is 149 Å². The van der Waals surface area contributed by atoms with Crippen molar-refractivity contribution in [3.8, 4) is 0 Å². The summed E-state index contributed by atoms with van der Waals surface area (Å²) in [7, 11) is 0. The van der Waals surface area contributed by atoms with Gasteiger partial charge in [0.15, 0.2) is 6.29 Å². The molecule has 0 aromatic heterocycles. The Bertz CT molecular complexity index is 1320. The molecule has 9 nitrogen and oxygen atoms in total. The van der Waals surface area contributed by atoms with Crippen LogP contribution in [0.5, 0.6) is 0 Å². The van der Waals surface area contributed by atoms with Crippen molar-refractivity contribution in [1.82, 2.24) is 5.32 Å². The Labute approximate surface area is 463 Å². The van der Waals surface area contributed by atoms with E-state index in [4.69, 9.17) is 9.47 Å². The third-order valence-corrected chi connectivity index (χ3v) is 15.3. The van der Waals surface area contributed by atoms with Gasteiger partial charge in [-0.05, 0) is 64.2 Å². The highest BCUT2D eigenvalue weighted by atomic mass is 16.7. The first kappa shape index (κ1) is 71.2. The number of allylic oxidation sites excluding steroid dienone is 7.